The van der Waals surface area contributed by atoms with E-state index in [-0.39, 0.29) is 18.0 Å². The van der Waals surface area contributed by atoms with Gasteiger partial charge in [0.25, 0.3) is 0 Å². The largest absolute Gasteiger partial charge is 0.461 e. The fraction of sp³-hybridized carbons (Fsp3) is 0.923. The Hall–Kier alpha value is 0.160. The van der Waals surface area contributed by atoms with Crippen molar-refractivity contribution in [2.45, 2.75) is 68.5 Å². The number of carbonyl (C=O) groups excluding carboxylic acids is 1. The predicted molar refractivity (Wildman–Crippen MR) is 76.2 cm³/mol. The lowest BCUT2D eigenvalue weighted by Crippen LogP contribution is -2.33. The summed E-state index contributed by atoms with van der Waals surface area (Å²) in [6.07, 6.45) is 3.35. The van der Waals surface area contributed by atoms with Crippen molar-refractivity contribution < 1.29 is 14.6 Å². The summed E-state index contributed by atoms with van der Waals surface area (Å²) in [6, 6.07) is 0. The lowest BCUT2D eigenvalue weighted by atomic mass is 9.90. The molecule has 1 rings (SSSR count). The molecule has 0 bridgehead atoms. The Bertz CT molecular complexity index is 281. The maximum atomic E-state index is 11.9. The van der Waals surface area contributed by atoms with Crippen LogP contribution in [0.15, 0.2) is 0 Å². The minimum atomic E-state index is -0.667. The Balaban J connectivity index is 2.49. The molecule has 3 nitrogen and oxygen atoms in total. The van der Waals surface area contributed by atoms with Gasteiger partial charge in [-0.05, 0) is 52.4 Å². The highest BCUT2D eigenvalue weighted by Gasteiger charge is 2.38. The minimum Gasteiger partial charge on any atom is -0.461 e. The monoisotopic (exact) mass is 354 g/mol. The highest BCUT2D eigenvalue weighted by molar-refractivity contribution is 14.1. The van der Waals surface area contributed by atoms with Crippen LogP contribution in [0.25, 0.3) is 0 Å². The van der Waals surface area contributed by atoms with E-state index < -0.39 is 9.02 Å². The van der Waals surface area contributed by atoms with Gasteiger partial charge in [-0.15, -0.1) is 0 Å². The molecule has 0 aliphatic heterocycles. The summed E-state index contributed by atoms with van der Waals surface area (Å²) in [5.74, 6) is 0.115. The summed E-state index contributed by atoms with van der Waals surface area (Å²) in [5.41, 5.74) is -0.667. The molecule has 0 spiro atoms. The van der Waals surface area contributed by atoms with Gasteiger partial charge in [-0.2, -0.15) is 0 Å². The number of rotatable bonds is 4. The standard InChI is InChI=1S/C13H23IO3/c1-5-13(4,14)11(15)17-10-7-6-9(8-10)12(2,3)16/h9-10,16H,5-8H2,1-4H3. The molecule has 3 unspecified atom stereocenters. The highest BCUT2D eigenvalue weighted by atomic mass is 127. The van der Waals surface area contributed by atoms with Crippen molar-refractivity contribution >= 4 is 28.6 Å². The van der Waals surface area contributed by atoms with Gasteiger partial charge >= 0.3 is 5.97 Å². The van der Waals surface area contributed by atoms with Crippen LogP contribution in [-0.2, 0) is 9.53 Å². The second-order valence-electron chi connectivity index (χ2n) is 5.74. The zero-order valence-electron chi connectivity index (χ0n) is 11.1. The quantitative estimate of drug-likeness (QED) is 0.480. The minimum absolute atomic E-state index is 0.0143. The van der Waals surface area contributed by atoms with Gasteiger partial charge in [0.15, 0.2) is 0 Å². The molecule has 100 valence electrons. The molecule has 4 heteroatoms. The van der Waals surface area contributed by atoms with E-state index in [9.17, 15) is 9.90 Å². The zero-order chi connectivity index (χ0) is 13.3. The summed E-state index contributed by atoms with van der Waals surface area (Å²) < 4.78 is 5.11. The molecule has 1 fully saturated rings. The van der Waals surface area contributed by atoms with Crippen LogP contribution in [0.2, 0.25) is 0 Å². The van der Waals surface area contributed by atoms with Gasteiger partial charge in [-0.3, -0.25) is 4.79 Å². The maximum Gasteiger partial charge on any atom is 0.322 e. The van der Waals surface area contributed by atoms with Crippen molar-refractivity contribution in [3.63, 3.8) is 0 Å². The van der Waals surface area contributed by atoms with Crippen molar-refractivity contribution in [2.75, 3.05) is 0 Å². The molecule has 0 saturated heterocycles. The maximum absolute atomic E-state index is 11.9. The van der Waals surface area contributed by atoms with Crippen LogP contribution in [0.4, 0.5) is 0 Å². The third kappa shape index (κ3) is 4.09. The van der Waals surface area contributed by atoms with Crippen molar-refractivity contribution in [3.8, 4) is 0 Å². The van der Waals surface area contributed by atoms with Crippen LogP contribution in [0.3, 0.4) is 0 Å². The summed E-state index contributed by atoms with van der Waals surface area (Å²) in [7, 11) is 0. The van der Waals surface area contributed by atoms with Crippen LogP contribution in [0.5, 0.6) is 0 Å². The van der Waals surface area contributed by atoms with Gasteiger partial charge in [0, 0.05) is 0 Å². The summed E-state index contributed by atoms with van der Waals surface area (Å²) in [4.78, 5) is 11.9. The Kier molecular flexibility index (Phi) is 4.86. The molecule has 0 aromatic heterocycles. The molecule has 0 heterocycles. The van der Waals surface area contributed by atoms with E-state index in [1.54, 1.807) is 0 Å². The molecule has 1 aliphatic rings. The molecular weight excluding hydrogens is 331 g/mol. The smallest absolute Gasteiger partial charge is 0.322 e. The van der Waals surface area contributed by atoms with Crippen molar-refractivity contribution in [1.29, 1.82) is 0 Å². The SMILES string of the molecule is CCC(C)(I)C(=O)OC1CCC(C(C)(C)O)C1. The Labute approximate surface area is 117 Å². The first-order chi connectivity index (χ1) is 7.66. The fourth-order valence-electron chi connectivity index (χ4n) is 2.11. The number of carbonyl (C=O) groups is 1. The third-order valence-corrected chi connectivity index (χ3v) is 4.95. The predicted octanol–water partition coefficient (Wildman–Crippen LogP) is 3.07. The van der Waals surface area contributed by atoms with Crippen molar-refractivity contribution in [2.24, 2.45) is 5.92 Å². The number of esters is 1. The fourth-order valence-corrected chi connectivity index (χ4v) is 2.23. The lowest BCUT2D eigenvalue weighted by Gasteiger charge is -2.26. The van der Waals surface area contributed by atoms with Crippen LogP contribution in [0, 0.1) is 5.92 Å². The van der Waals surface area contributed by atoms with Crippen LogP contribution in [0.1, 0.15) is 53.4 Å². The van der Waals surface area contributed by atoms with Gasteiger partial charge < -0.3 is 9.84 Å². The Morgan fingerprint density at radius 1 is 1.41 bits per heavy atom. The van der Waals surface area contributed by atoms with Gasteiger partial charge in [0.05, 0.1) is 5.60 Å². The molecule has 0 radical (unpaired) electrons. The van der Waals surface area contributed by atoms with E-state index >= 15 is 0 Å². The van der Waals surface area contributed by atoms with E-state index in [4.69, 9.17) is 4.74 Å². The number of ether oxygens (including phenoxy) is 1. The first kappa shape index (κ1) is 15.2. The average Bonchev–Trinajstić information content (AvgIpc) is 2.65. The third-order valence-electron chi connectivity index (χ3n) is 3.75. The van der Waals surface area contributed by atoms with Crippen molar-refractivity contribution in [3.05, 3.63) is 0 Å². The van der Waals surface area contributed by atoms with Gasteiger partial charge in [0.1, 0.15) is 9.53 Å². The summed E-state index contributed by atoms with van der Waals surface area (Å²) >= 11 is 2.15. The van der Waals surface area contributed by atoms with Gasteiger partial charge in [0.2, 0.25) is 0 Å². The lowest BCUT2D eigenvalue weighted by molar-refractivity contribution is -0.151. The van der Waals surface area contributed by atoms with Crippen LogP contribution < -0.4 is 0 Å². The number of hydrogen-bond donors (Lipinski definition) is 1. The van der Waals surface area contributed by atoms with Crippen LogP contribution in [-0.4, -0.2) is 26.2 Å². The molecular formula is C13H23IO3. The Morgan fingerprint density at radius 3 is 2.41 bits per heavy atom. The first-order valence-electron chi connectivity index (χ1n) is 6.29. The molecule has 1 saturated carbocycles. The molecule has 0 amide bonds. The average molecular weight is 354 g/mol. The Morgan fingerprint density at radius 2 is 2.00 bits per heavy atom. The second kappa shape index (κ2) is 5.43. The highest BCUT2D eigenvalue weighted by Crippen LogP contribution is 2.36. The van der Waals surface area contributed by atoms with E-state index in [0.717, 1.165) is 25.7 Å². The molecule has 0 aromatic carbocycles. The van der Waals surface area contributed by atoms with E-state index in [1.807, 2.05) is 27.7 Å². The normalized spacial score (nSPS) is 28.8. The van der Waals surface area contributed by atoms with E-state index in [1.165, 1.54) is 0 Å². The van der Waals surface area contributed by atoms with Crippen molar-refractivity contribution in [1.82, 2.24) is 0 Å². The van der Waals surface area contributed by atoms with E-state index in [2.05, 4.69) is 22.6 Å². The van der Waals surface area contributed by atoms with E-state index in [0.29, 0.717) is 0 Å². The van der Waals surface area contributed by atoms with Crippen LogP contribution >= 0.6 is 22.6 Å². The molecule has 17 heavy (non-hydrogen) atoms. The first-order valence-corrected chi connectivity index (χ1v) is 7.37. The molecule has 3 atom stereocenters. The number of aliphatic hydroxyl groups is 1. The van der Waals surface area contributed by atoms with Gasteiger partial charge in [-0.1, -0.05) is 29.5 Å². The number of alkyl halides is 1. The molecule has 1 N–H and O–H groups in total. The molecule has 0 aromatic rings. The number of hydrogen-bond acceptors (Lipinski definition) is 3. The molecule has 1 aliphatic carbocycles. The topological polar surface area (TPSA) is 46.5 Å². The summed E-state index contributed by atoms with van der Waals surface area (Å²) in [6.45, 7) is 7.55. The number of halogens is 1. The zero-order valence-corrected chi connectivity index (χ0v) is 13.3. The second-order valence-corrected chi connectivity index (χ2v) is 8.12. The van der Waals surface area contributed by atoms with Gasteiger partial charge in [-0.25, -0.2) is 0 Å². The summed E-state index contributed by atoms with van der Waals surface area (Å²) in [5, 5.41) is 9.93.